The van der Waals surface area contributed by atoms with Gasteiger partial charge >= 0.3 is 0 Å². The lowest BCUT2D eigenvalue weighted by Gasteiger charge is -2.23. The van der Waals surface area contributed by atoms with Crippen LogP contribution in [-0.4, -0.2) is 49.6 Å². The van der Waals surface area contributed by atoms with E-state index in [1.807, 2.05) is 0 Å². The third-order valence-electron chi connectivity index (χ3n) is 4.54. The first kappa shape index (κ1) is 19.2. The normalized spacial score (nSPS) is 16.0. The molecule has 1 saturated heterocycles. The number of aliphatic hydroxyl groups is 1. The monoisotopic (exact) mass is 376 g/mol. The minimum absolute atomic E-state index is 0.0150. The Morgan fingerprint density at radius 2 is 1.96 bits per heavy atom. The number of rotatable bonds is 6. The SMILES string of the molecule is COc1ccc(-c2noc(C(C)O)c2C(=O)NC2CCOCC2)cc1OC. The smallest absolute Gasteiger partial charge is 0.257 e. The summed E-state index contributed by atoms with van der Waals surface area (Å²) < 4.78 is 21.2. The number of carbonyl (C=O) groups is 1. The molecule has 2 heterocycles. The molecule has 1 aliphatic rings. The molecule has 1 aliphatic heterocycles. The molecule has 8 heteroatoms. The van der Waals surface area contributed by atoms with Gasteiger partial charge in [0.2, 0.25) is 0 Å². The van der Waals surface area contributed by atoms with E-state index in [4.69, 9.17) is 18.7 Å². The van der Waals surface area contributed by atoms with E-state index in [9.17, 15) is 9.90 Å². The minimum atomic E-state index is -0.971. The van der Waals surface area contributed by atoms with E-state index in [0.717, 1.165) is 12.8 Å². The highest BCUT2D eigenvalue weighted by Gasteiger charge is 2.29. The third-order valence-corrected chi connectivity index (χ3v) is 4.54. The van der Waals surface area contributed by atoms with Crippen molar-refractivity contribution in [3.8, 4) is 22.8 Å². The highest BCUT2D eigenvalue weighted by molar-refractivity contribution is 6.01. The van der Waals surface area contributed by atoms with Gasteiger partial charge in [0.25, 0.3) is 5.91 Å². The topological polar surface area (TPSA) is 103 Å². The molecular weight excluding hydrogens is 352 g/mol. The lowest BCUT2D eigenvalue weighted by molar-refractivity contribution is 0.0692. The lowest BCUT2D eigenvalue weighted by Crippen LogP contribution is -2.39. The van der Waals surface area contributed by atoms with Crippen molar-refractivity contribution in [2.75, 3.05) is 27.4 Å². The fourth-order valence-electron chi connectivity index (χ4n) is 3.09. The number of hydrogen-bond acceptors (Lipinski definition) is 7. The van der Waals surface area contributed by atoms with E-state index >= 15 is 0 Å². The predicted octanol–water partition coefficient (Wildman–Crippen LogP) is 2.32. The van der Waals surface area contributed by atoms with E-state index in [0.29, 0.717) is 36.0 Å². The Morgan fingerprint density at radius 1 is 1.26 bits per heavy atom. The molecule has 0 spiro atoms. The van der Waals surface area contributed by atoms with Gasteiger partial charge < -0.3 is 29.2 Å². The van der Waals surface area contributed by atoms with Gasteiger partial charge in [-0.3, -0.25) is 4.79 Å². The van der Waals surface area contributed by atoms with Gasteiger partial charge in [-0.2, -0.15) is 0 Å². The summed E-state index contributed by atoms with van der Waals surface area (Å²) in [6.45, 7) is 2.75. The van der Waals surface area contributed by atoms with Crippen molar-refractivity contribution in [1.29, 1.82) is 0 Å². The number of amides is 1. The van der Waals surface area contributed by atoms with Gasteiger partial charge in [0.05, 0.1) is 14.2 Å². The van der Waals surface area contributed by atoms with Gasteiger partial charge in [-0.25, -0.2) is 0 Å². The highest BCUT2D eigenvalue weighted by Crippen LogP contribution is 2.35. The standard InChI is InChI=1S/C19H24N2O6/c1-11(22)18-16(19(23)20-13-6-8-26-9-7-13)17(21-27-18)12-4-5-14(24-2)15(10-12)25-3/h4-5,10-11,13,22H,6-9H2,1-3H3,(H,20,23). The maximum Gasteiger partial charge on any atom is 0.257 e. The lowest BCUT2D eigenvalue weighted by atomic mass is 10.0. The van der Waals surface area contributed by atoms with Crippen LogP contribution in [0.25, 0.3) is 11.3 Å². The van der Waals surface area contributed by atoms with Crippen LogP contribution in [0, 0.1) is 0 Å². The molecule has 2 aromatic rings. The van der Waals surface area contributed by atoms with Crippen molar-refractivity contribution in [3.63, 3.8) is 0 Å². The van der Waals surface area contributed by atoms with E-state index < -0.39 is 6.10 Å². The average molecular weight is 376 g/mol. The Bertz CT molecular complexity index is 795. The minimum Gasteiger partial charge on any atom is -0.493 e. The number of ether oxygens (including phenoxy) is 3. The molecule has 0 bridgehead atoms. The second kappa shape index (κ2) is 8.41. The third kappa shape index (κ3) is 4.06. The zero-order valence-electron chi connectivity index (χ0n) is 15.7. The Hall–Kier alpha value is -2.58. The van der Waals surface area contributed by atoms with Crippen LogP contribution >= 0.6 is 0 Å². The van der Waals surface area contributed by atoms with Crippen molar-refractivity contribution >= 4 is 5.91 Å². The second-order valence-electron chi connectivity index (χ2n) is 6.38. The first-order valence-electron chi connectivity index (χ1n) is 8.83. The first-order chi connectivity index (χ1) is 13.0. The van der Waals surface area contributed by atoms with Crippen LogP contribution in [0.1, 0.15) is 42.0 Å². The van der Waals surface area contributed by atoms with Crippen LogP contribution in [-0.2, 0) is 4.74 Å². The van der Waals surface area contributed by atoms with E-state index in [2.05, 4.69) is 10.5 Å². The average Bonchev–Trinajstić information content (AvgIpc) is 3.13. The molecule has 8 nitrogen and oxygen atoms in total. The van der Waals surface area contributed by atoms with Crippen LogP contribution in [0.2, 0.25) is 0 Å². The number of hydrogen-bond donors (Lipinski definition) is 2. The van der Waals surface area contributed by atoms with Gasteiger partial charge in [0, 0.05) is 24.8 Å². The Labute approximate surface area is 157 Å². The van der Waals surface area contributed by atoms with Crippen molar-refractivity contribution in [1.82, 2.24) is 10.5 Å². The molecule has 1 amide bonds. The number of nitrogens with zero attached hydrogens (tertiary/aromatic N) is 1. The Balaban J connectivity index is 1.97. The Kier molecular flexibility index (Phi) is 5.98. The largest absolute Gasteiger partial charge is 0.493 e. The Morgan fingerprint density at radius 3 is 2.59 bits per heavy atom. The van der Waals surface area contributed by atoms with E-state index in [-0.39, 0.29) is 23.3 Å². The van der Waals surface area contributed by atoms with Gasteiger partial charge in [-0.1, -0.05) is 5.16 Å². The van der Waals surface area contributed by atoms with Gasteiger partial charge in [0.1, 0.15) is 17.4 Å². The molecule has 1 atom stereocenters. The molecule has 0 aliphatic carbocycles. The number of nitrogens with one attached hydrogen (secondary N) is 1. The summed E-state index contributed by atoms with van der Waals surface area (Å²) in [5, 5.41) is 17.1. The maximum absolute atomic E-state index is 13.0. The van der Waals surface area contributed by atoms with Crippen molar-refractivity contribution in [2.45, 2.75) is 31.9 Å². The number of methoxy groups -OCH3 is 2. The molecule has 0 radical (unpaired) electrons. The fraction of sp³-hybridized carbons (Fsp3) is 0.474. The number of benzene rings is 1. The predicted molar refractivity (Wildman–Crippen MR) is 97.0 cm³/mol. The van der Waals surface area contributed by atoms with Gasteiger partial charge in [0.15, 0.2) is 17.3 Å². The maximum atomic E-state index is 13.0. The van der Waals surface area contributed by atoms with Crippen molar-refractivity contribution in [3.05, 3.63) is 29.5 Å². The van der Waals surface area contributed by atoms with Crippen molar-refractivity contribution in [2.24, 2.45) is 0 Å². The van der Waals surface area contributed by atoms with Gasteiger partial charge in [-0.15, -0.1) is 0 Å². The van der Waals surface area contributed by atoms with Crippen LogP contribution in [0.15, 0.2) is 22.7 Å². The number of aliphatic hydroxyl groups excluding tert-OH is 1. The summed E-state index contributed by atoms with van der Waals surface area (Å²) in [6.07, 6.45) is 0.515. The summed E-state index contributed by atoms with van der Waals surface area (Å²) in [5.74, 6) is 0.870. The second-order valence-corrected chi connectivity index (χ2v) is 6.38. The summed E-state index contributed by atoms with van der Waals surface area (Å²) in [4.78, 5) is 13.0. The molecule has 1 aromatic carbocycles. The number of aromatic nitrogens is 1. The van der Waals surface area contributed by atoms with Crippen LogP contribution in [0.5, 0.6) is 11.5 Å². The summed E-state index contributed by atoms with van der Waals surface area (Å²) >= 11 is 0. The zero-order valence-corrected chi connectivity index (χ0v) is 15.7. The number of carbonyl (C=O) groups excluding carboxylic acids is 1. The summed E-state index contributed by atoms with van der Waals surface area (Å²) in [7, 11) is 3.08. The fourth-order valence-corrected chi connectivity index (χ4v) is 3.09. The van der Waals surface area contributed by atoms with Gasteiger partial charge in [-0.05, 0) is 38.0 Å². The molecule has 1 unspecified atom stereocenters. The molecule has 27 heavy (non-hydrogen) atoms. The molecule has 1 aromatic heterocycles. The molecular formula is C19H24N2O6. The molecule has 0 saturated carbocycles. The summed E-state index contributed by atoms with van der Waals surface area (Å²) in [6, 6.07) is 5.22. The highest BCUT2D eigenvalue weighted by atomic mass is 16.5. The quantitative estimate of drug-likeness (QED) is 0.797. The van der Waals surface area contributed by atoms with Crippen LogP contribution in [0.3, 0.4) is 0 Å². The van der Waals surface area contributed by atoms with Crippen molar-refractivity contribution < 1.29 is 28.6 Å². The molecule has 3 rings (SSSR count). The first-order valence-corrected chi connectivity index (χ1v) is 8.83. The summed E-state index contributed by atoms with van der Waals surface area (Å²) in [5.41, 5.74) is 1.19. The van der Waals surface area contributed by atoms with Crippen LogP contribution < -0.4 is 14.8 Å². The van der Waals surface area contributed by atoms with E-state index in [1.165, 1.54) is 14.0 Å². The zero-order chi connectivity index (χ0) is 19.4. The molecule has 1 fully saturated rings. The molecule has 2 N–H and O–H groups in total. The molecule has 146 valence electrons. The van der Waals surface area contributed by atoms with Crippen LogP contribution in [0.4, 0.5) is 0 Å². The van der Waals surface area contributed by atoms with E-state index in [1.54, 1.807) is 25.3 Å².